The maximum Gasteiger partial charge on any atom is 0.153 e. The number of morpholine rings is 1. The molecule has 0 aromatic rings. The highest BCUT2D eigenvalue weighted by Crippen LogP contribution is 2.13. The fourth-order valence-electron chi connectivity index (χ4n) is 1.58. The van der Waals surface area contributed by atoms with Crippen LogP contribution in [-0.4, -0.2) is 70.3 Å². The lowest BCUT2D eigenvalue weighted by atomic mass is 10.2. The van der Waals surface area contributed by atoms with Crippen LogP contribution in [0.2, 0.25) is 0 Å². The molecule has 5 nitrogen and oxygen atoms in total. The average molecular weight is 264 g/mol. The molecule has 1 heterocycles. The van der Waals surface area contributed by atoms with Crippen molar-refractivity contribution in [3.63, 3.8) is 0 Å². The molecule has 1 saturated heterocycles. The van der Waals surface area contributed by atoms with Gasteiger partial charge in [0.25, 0.3) is 0 Å². The lowest BCUT2D eigenvalue weighted by Crippen LogP contribution is -2.45. The summed E-state index contributed by atoms with van der Waals surface area (Å²) in [6, 6.07) is 0. The van der Waals surface area contributed by atoms with Crippen LogP contribution < -0.4 is 5.32 Å². The van der Waals surface area contributed by atoms with Crippen molar-refractivity contribution in [2.75, 3.05) is 52.2 Å². The van der Waals surface area contributed by atoms with Gasteiger partial charge in [-0.3, -0.25) is 4.90 Å². The number of hydrogen-bond acceptors (Lipinski definition) is 5. The van der Waals surface area contributed by atoms with E-state index in [0.717, 1.165) is 39.4 Å². The fraction of sp³-hybridized carbons (Fsp3) is 1.00. The first kappa shape index (κ1) is 14.9. The van der Waals surface area contributed by atoms with E-state index >= 15 is 0 Å². The predicted molar refractivity (Wildman–Crippen MR) is 69.1 cm³/mol. The molecule has 0 aromatic heterocycles. The molecule has 0 aromatic carbocycles. The molecular weight excluding hydrogens is 240 g/mol. The number of ether oxygens (including phenoxy) is 1. The summed E-state index contributed by atoms with van der Waals surface area (Å²) in [5.74, 6) is 0. The van der Waals surface area contributed by atoms with Gasteiger partial charge in [0.2, 0.25) is 0 Å². The minimum Gasteiger partial charge on any atom is -0.379 e. The quantitative estimate of drug-likeness (QED) is 0.669. The average Bonchev–Trinajstić information content (AvgIpc) is 2.24. The summed E-state index contributed by atoms with van der Waals surface area (Å²) < 4.78 is 27.5. The number of sulfone groups is 1. The van der Waals surface area contributed by atoms with Crippen LogP contribution in [0.15, 0.2) is 0 Å². The van der Waals surface area contributed by atoms with Gasteiger partial charge in [-0.1, -0.05) is 0 Å². The van der Waals surface area contributed by atoms with E-state index in [9.17, 15) is 8.42 Å². The van der Waals surface area contributed by atoms with Crippen LogP contribution in [0.1, 0.15) is 13.8 Å². The molecular formula is C11H24N2O3S. The summed E-state index contributed by atoms with van der Waals surface area (Å²) in [6.45, 7) is 9.31. The Morgan fingerprint density at radius 1 is 1.29 bits per heavy atom. The Bertz CT molecular complexity index is 322. The Kier molecular flexibility index (Phi) is 5.37. The van der Waals surface area contributed by atoms with Crippen LogP contribution in [0, 0.1) is 0 Å². The van der Waals surface area contributed by atoms with Crippen molar-refractivity contribution >= 4 is 9.84 Å². The molecule has 0 radical (unpaired) electrons. The Morgan fingerprint density at radius 2 is 1.88 bits per heavy atom. The highest BCUT2D eigenvalue weighted by molar-refractivity contribution is 7.92. The van der Waals surface area contributed by atoms with E-state index in [0.29, 0.717) is 6.54 Å². The van der Waals surface area contributed by atoms with Crippen LogP contribution in [0.5, 0.6) is 0 Å². The number of nitrogens with zero attached hydrogens (tertiary/aromatic N) is 1. The van der Waals surface area contributed by atoms with Gasteiger partial charge in [0.15, 0.2) is 9.84 Å². The first-order valence-corrected chi connectivity index (χ1v) is 7.92. The Morgan fingerprint density at radius 3 is 2.41 bits per heavy atom. The van der Waals surface area contributed by atoms with E-state index in [4.69, 9.17) is 4.74 Å². The maximum atomic E-state index is 11.5. The van der Waals surface area contributed by atoms with Crippen molar-refractivity contribution < 1.29 is 13.2 Å². The van der Waals surface area contributed by atoms with Crippen molar-refractivity contribution in [1.82, 2.24) is 10.2 Å². The molecule has 0 atom stereocenters. The third-order valence-electron chi connectivity index (χ3n) is 3.26. The SMILES string of the molecule is CC(C)(CNCCN1CCOCC1)S(C)(=O)=O. The molecule has 0 bridgehead atoms. The fourth-order valence-corrected chi connectivity index (χ4v) is 1.95. The summed E-state index contributed by atoms with van der Waals surface area (Å²) in [7, 11) is -3.00. The minimum atomic E-state index is -3.00. The Hall–Kier alpha value is -0.170. The van der Waals surface area contributed by atoms with Crippen molar-refractivity contribution in [2.45, 2.75) is 18.6 Å². The second-order valence-corrected chi connectivity index (χ2v) is 7.81. The van der Waals surface area contributed by atoms with Gasteiger partial charge in [-0.05, 0) is 13.8 Å². The Balaban J connectivity index is 2.19. The highest BCUT2D eigenvalue weighted by Gasteiger charge is 2.29. The molecule has 102 valence electrons. The number of hydrogen-bond donors (Lipinski definition) is 1. The standard InChI is InChI=1S/C11H24N2O3S/c1-11(2,17(3,14)15)10-12-4-5-13-6-8-16-9-7-13/h12H,4-10H2,1-3H3. The molecule has 1 fully saturated rings. The van der Waals surface area contributed by atoms with Crippen LogP contribution >= 0.6 is 0 Å². The summed E-state index contributed by atoms with van der Waals surface area (Å²) in [6.07, 6.45) is 1.29. The zero-order valence-electron chi connectivity index (χ0n) is 11.0. The van der Waals surface area contributed by atoms with Crippen LogP contribution in [0.3, 0.4) is 0 Å². The van der Waals surface area contributed by atoms with Gasteiger partial charge in [-0.15, -0.1) is 0 Å². The van der Waals surface area contributed by atoms with E-state index < -0.39 is 14.6 Å². The molecule has 17 heavy (non-hydrogen) atoms. The van der Waals surface area contributed by atoms with Gasteiger partial charge in [-0.2, -0.15) is 0 Å². The lowest BCUT2D eigenvalue weighted by Gasteiger charge is -2.28. The molecule has 1 N–H and O–H groups in total. The first-order valence-electron chi connectivity index (χ1n) is 6.03. The molecule has 1 rings (SSSR count). The molecule has 6 heteroatoms. The molecule has 0 aliphatic carbocycles. The normalized spacial score (nSPS) is 19.5. The molecule has 0 spiro atoms. The van der Waals surface area contributed by atoms with Crippen molar-refractivity contribution in [1.29, 1.82) is 0 Å². The molecule has 0 saturated carbocycles. The Labute approximate surface area is 104 Å². The van der Waals surface area contributed by atoms with Crippen LogP contribution in [0.25, 0.3) is 0 Å². The lowest BCUT2D eigenvalue weighted by molar-refractivity contribution is 0.0384. The third kappa shape index (κ3) is 4.91. The summed E-state index contributed by atoms with van der Waals surface area (Å²) in [5.41, 5.74) is 0. The van der Waals surface area contributed by atoms with E-state index in [1.54, 1.807) is 13.8 Å². The second kappa shape index (κ2) is 6.13. The van der Waals surface area contributed by atoms with E-state index in [-0.39, 0.29) is 0 Å². The van der Waals surface area contributed by atoms with Crippen LogP contribution in [-0.2, 0) is 14.6 Å². The minimum absolute atomic E-state index is 0.496. The van der Waals surface area contributed by atoms with Gasteiger partial charge < -0.3 is 10.1 Å². The van der Waals surface area contributed by atoms with Gasteiger partial charge in [0, 0.05) is 39.0 Å². The summed E-state index contributed by atoms with van der Waals surface area (Å²) >= 11 is 0. The van der Waals surface area contributed by atoms with Gasteiger partial charge >= 0.3 is 0 Å². The number of nitrogens with one attached hydrogen (secondary N) is 1. The third-order valence-corrected chi connectivity index (χ3v) is 5.41. The van der Waals surface area contributed by atoms with Crippen LogP contribution in [0.4, 0.5) is 0 Å². The zero-order chi connectivity index (χ0) is 12.9. The predicted octanol–water partition coefficient (Wildman–Crippen LogP) is -0.269. The van der Waals surface area contributed by atoms with E-state index in [1.807, 2.05) is 0 Å². The molecule has 0 amide bonds. The van der Waals surface area contributed by atoms with Gasteiger partial charge in [-0.25, -0.2) is 8.42 Å². The van der Waals surface area contributed by atoms with Crippen molar-refractivity contribution in [3.8, 4) is 0 Å². The van der Waals surface area contributed by atoms with Gasteiger partial charge in [0.05, 0.1) is 18.0 Å². The van der Waals surface area contributed by atoms with E-state index in [1.165, 1.54) is 6.26 Å². The summed E-state index contributed by atoms with van der Waals surface area (Å²) in [4.78, 5) is 2.32. The molecule has 1 aliphatic heterocycles. The smallest absolute Gasteiger partial charge is 0.153 e. The monoisotopic (exact) mass is 264 g/mol. The molecule has 1 aliphatic rings. The second-order valence-electron chi connectivity index (χ2n) is 5.16. The zero-order valence-corrected chi connectivity index (χ0v) is 11.8. The van der Waals surface area contributed by atoms with Gasteiger partial charge in [0.1, 0.15) is 0 Å². The van der Waals surface area contributed by atoms with Crippen molar-refractivity contribution in [3.05, 3.63) is 0 Å². The summed E-state index contributed by atoms with van der Waals surface area (Å²) in [5, 5.41) is 3.22. The number of rotatable bonds is 6. The highest BCUT2D eigenvalue weighted by atomic mass is 32.2. The topological polar surface area (TPSA) is 58.6 Å². The first-order chi connectivity index (χ1) is 7.83. The molecule has 0 unspecified atom stereocenters. The van der Waals surface area contributed by atoms with E-state index in [2.05, 4.69) is 10.2 Å². The van der Waals surface area contributed by atoms with Crippen molar-refractivity contribution in [2.24, 2.45) is 0 Å². The maximum absolute atomic E-state index is 11.5. The largest absolute Gasteiger partial charge is 0.379 e.